The van der Waals surface area contributed by atoms with Crippen molar-refractivity contribution in [2.75, 3.05) is 26.7 Å². The van der Waals surface area contributed by atoms with Crippen LogP contribution in [0, 0.1) is 0 Å². The first kappa shape index (κ1) is 14.7. The molecule has 1 rings (SSSR count). The summed E-state index contributed by atoms with van der Waals surface area (Å²) in [7, 11) is 2.03. The predicted octanol–water partition coefficient (Wildman–Crippen LogP) is 0.960. The van der Waals surface area contributed by atoms with E-state index in [9.17, 15) is 9.59 Å². The van der Waals surface area contributed by atoms with E-state index in [1.807, 2.05) is 7.05 Å². The first-order valence-corrected chi connectivity index (χ1v) is 6.08. The summed E-state index contributed by atoms with van der Waals surface area (Å²) in [6.07, 6.45) is 0. The van der Waals surface area contributed by atoms with Gasteiger partial charge in [0.05, 0.1) is 0 Å². The van der Waals surface area contributed by atoms with Gasteiger partial charge in [0.1, 0.15) is 0 Å². The number of hydrogen-bond donors (Lipinski definition) is 1. The van der Waals surface area contributed by atoms with Gasteiger partial charge in [-0.15, -0.1) is 0 Å². The van der Waals surface area contributed by atoms with E-state index in [0.717, 1.165) is 6.54 Å². The minimum Gasteiger partial charge on any atom is -0.478 e. The summed E-state index contributed by atoms with van der Waals surface area (Å²) >= 11 is 0. The molecule has 1 fully saturated rings. The first-order valence-electron chi connectivity index (χ1n) is 6.08. The number of carbonyl (C=O) groups is 2. The minimum absolute atomic E-state index is 0.0781. The third-order valence-electron chi connectivity index (χ3n) is 3.81. The van der Waals surface area contributed by atoms with E-state index in [-0.39, 0.29) is 17.0 Å². The summed E-state index contributed by atoms with van der Waals surface area (Å²) in [6.45, 7) is 9.27. The van der Waals surface area contributed by atoms with E-state index in [1.54, 1.807) is 11.8 Å². The maximum absolute atomic E-state index is 12.2. The van der Waals surface area contributed by atoms with Crippen molar-refractivity contribution in [1.29, 1.82) is 0 Å². The fourth-order valence-electron chi connectivity index (χ4n) is 1.97. The van der Waals surface area contributed by atoms with Crippen molar-refractivity contribution in [3.05, 3.63) is 11.1 Å². The number of nitrogens with zero attached hydrogens (tertiary/aromatic N) is 2. The zero-order valence-corrected chi connectivity index (χ0v) is 11.8. The van der Waals surface area contributed by atoms with Gasteiger partial charge in [-0.1, -0.05) is 0 Å². The predicted molar refractivity (Wildman–Crippen MR) is 69.3 cm³/mol. The number of rotatable bonds is 2. The molecule has 0 radical (unpaired) electrons. The molecule has 5 heteroatoms. The van der Waals surface area contributed by atoms with Gasteiger partial charge in [0.2, 0.25) is 5.91 Å². The maximum atomic E-state index is 12.2. The van der Waals surface area contributed by atoms with Gasteiger partial charge in [-0.05, 0) is 34.7 Å². The zero-order chi connectivity index (χ0) is 14.1. The van der Waals surface area contributed by atoms with Crippen LogP contribution in [0.4, 0.5) is 0 Å². The summed E-state index contributed by atoms with van der Waals surface area (Å²) in [6, 6.07) is 0. The number of aliphatic carboxylic acids is 1. The molecule has 1 saturated heterocycles. The minimum atomic E-state index is -1.03. The van der Waals surface area contributed by atoms with Crippen molar-refractivity contribution >= 4 is 11.9 Å². The van der Waals surface area contributed by atoms with Crippen LogP contribution in [0.5, 0.6) is 0 Å². The summed E-state index contributed by atoms with van der Waals surface area (Å²) in [5, 5.41) is 8.91. The molecule has 18 heavy (non-hydrogen) atoms. The Morgan fingerprint density at radius 3 is 2.11 bits per heavy atom. The molecule has 0 saturated carbocycles. The zero-order valence-electron chi connectivity index (χ0n) is 11.8. The number of hydrogen-bond acceptors (Lipinski definition) is 3. The Balaban J connectivity index is 2.87. The first-order chi connectivity index (χ1) is 8.16. The van der Waals surface area contributed by atoms with Crippen LogP contribution in [-0.4, -0.2) is 59.0 Å². The maximum Gasteiger partial charge on any atom is 0.331 e. The van der Waals surface area contributed by atoms with E-state index in [1.165, 1.54) is 6.92 Å². The third-order valence-corrected chi connectivity index (χ3v) is 3.81. The van der Waals surface area contributed by atoms with Crippen LogP contribution in [0.15, 0.2) is 11.1 Å². The van der Waals surface area contributed by atoms with E-state index in [2.05, 4.69) is 18.7 Å². The number of carboxylic acids is 1. The second-order valence-electron chi connectivity index (χ2n) is 5.52. The quantitative estimate of drug-likeness (QED) is 0.746. The Hall–Kier alpha value is -1.36. The molecule has 1 aliphatic heterocycles. The smallest absolute Gasteiger partial charge is 0.331 e. The average molecular weight is 254 g/mol. The van der Waals surface area contributed by atoms with Crippen LogP contribution in [0.1, 0.15) is 27.7 Å². The van der Waals surface area contributed by atoms with Crippen molar-refractivity contribution in [3.8, 4) is 0 Å². The second-order valence-corrected chi connectivity index (χ2v) is 5.52. The van der Waals surface area contributed by atoms with Crippen LogP contribution in [0.3, 0.4) is 0 Å². The molecule has 0 aromatic carbocycles. The van der Waals surface area contributed by atoms with E-state index < -0.39 is 5.97 Å². The Labute approximate surface area is 108 Å². The lowest BCUT2D eigenvalue weighted by Crippen LogP contribution is -2.59. The molecular weight excluding hydrogens is 232 g/mol. The van der Waals surface area contributed by atoms with Crippen molar-refractivity contribution in [3.63, 3.8) is 0 Å². The normalized spacial score (nSPS) is 21.5. The lowest BCUT2D eigenvalue weighted by atomic mass is 9.98. The summed E-state index contributed by atoms with van der Waals surface area (Å²) < 4.78 is 0. The Morgan fingerprint density at radius 2 is 1.67 bits per heavy atom. The van der Waals surface area contributed by atoms with Gasteiger partial charge in [-0.25, -0.2) is 4.79 Å². The second kappa shape index (κ2) is 5.10. The Kier molecular flexibility index (Phi) is 4.16. The molecule has 0 aliphatic carbocycles. The average Bonchev–Trinajstić information content (AvgIpc) is 2.29. The van der Waals surface area contributed by atoms with Gasteiger partial charge in [0, 0.05) is 36.3 Å². The van der Waals surface area contributed by atoms with Crippen molar-refractivity contribution in [2.45, 2.75) is 33.2 Å². The molecule has 102 valence electrons. The lowest BCUT2D eigenvalue weighted by Gasteiger charge is -2.45. The van der Waals surface area contributed by atoms with Crippen LogP contribution in [-0.2, 0) is 9.59 Å². The molecule has 1 amide bonds. The van der Waals surface area contributed by atoms with Crippen molar-refractivity contribution in [1.82, 2.24) is 9.80 Å². The van der Waals surface area contributed by atoms with Gasteiger partial charge in [0.15, 0.2) is 0 Å². The van der Waals surface area contributed by atoms with Crippen molar-refractivity contribution < 1.29 is 14.7 Å². The molecule has 0 bridgehead atoms. The van der Waals surface area contributed by atoms with E-state index in [0.29, 0.717) is 18.7 Å². The van der Waals surface area contributed by atoms with Gasteiger partial charge < -0.3 is 10.0 Å². The van der Waals surface area contributed by atoms with Crippen molar-refractivity contribution in [2.24, 2.45) is 0 Å². The molecular formula is C13H22N2O3. The van der Waals surface area contributed by atoms with E-state index in [4.69, 9.17) is 5.11 Å². The van der Waals surface area contributed by atoms with Crippen LogP contribution >= 0.6 is 0 Å². The molecule has 0 aromatic heterocycles. The topological polar surface area (TPSA) is 60.9 Å². The highest BCUT2D eigenvalue weighted by Gasteiger charge is 2.33. The monoisotopic (exact) mass is 254 g/mol. The molecule has 5 nitrogen and oxygen atoms in total. The van der Waals surface area contributed by atoms with Crippen LogP contribution in [0.2, 0.25) is 0 Å². The SMILES string of the molecule is CC(C(=O)O)=C(C)C(=O)N1CCN(C)C(C)(C)C1. The third kappa shape index (κ3) is 2.90. The lowest BCUT2D eigenvalue weighted by molar-refractivity contribution is -0.135. The highest BCUT2D eigenvalue weighted by Crippen LogP contribution is 2.20. The molecule has 0 aromatic rings. The van der Waals surface area contributed by atoms with E-state index >= 15 is 0 Å². The van der Waals surface area contributed by atoms with Crippen LogP contribution < -0.4 is 0 Å². The molecule has 0 spiro atoms. The Bertz CT molecular complexity index is 399. The number of likely N-dealkylation sites (N-methyl/N-ethyl adjacent to an activating group) is 1. The van der Waals surface area contributed by atoms with Gasteiger partial charge >= 0.3 is 5.97 Å². The van der Waals surface area contributed by atoms with Crippen LogP contribution in [0.25, 0.3) is 0 Å². The molecule has 1 heterocycles. The summed E-state index contributed by atoms with van der Waals surface area (Å²) in [5.41, 5.74) is 0.366. The molecule has 0 unspecified atom stereocenters. The molecule has 1 N–H and O–H groups in total. The summed E-state index contributed by atoms with van der Waals surface area (Å²) in [4.78, 5) is 27.0. The number of amides is 1. The van der Waals surface area contributed by atoms with Gasteiger partial charge in [0.25, 0.3) is 0 Å². The Morgan fingerprint density at radius 1 is 1.11 bits per heavy atom. The summed E-state index contributed by atoms with van der Waals surface area (Å²) in [5.74, 6) is -1.20. The standard InChI is InChI=1S/C13H22N2O3/c1-9(10(2)12(17)18)11(16)15-7-6-14(5)13(3,4)8-15/h6-8H2,1-5H3,(H,17,18). The largest absolute Gasteiger partial charge is 0.478 e. The number of carbonyl (C=O) groups excluding carboxylic acids is 1. The highest BCUT2D eigenvalue weighted by molar-refractivity contribution is 6.01. The number of carboxylic acid groups (broad SMARTS) is 1. The fraction of sp³-hybridized carbons (Fsp3) is 0.692. The fourth-order valence-corrected chi connectivity index (χ4v) is 1.97. The molecule has 0 atom stereocenters. The highest BCUT2D eigenvalue weighted by atomic mass is 16.4. The number of piperazine rings is 1. The van der Waals surface area contributed by atoms with Gasteiger partial charge in [-0.3, -0.25) is 9.69 Å². The van der Waals surface area contributed by atoms with Gasteiger partial charge in [-0.2, -0.15) is 0 Å². The molecule has 1 aliphatic rings.